The molecule has 0 fully saturated rings. The summed E-state index contributed by atoms with van der Waals surface area (Å²) >= 11 is 5.96. The molecule has 2 aromatic rings. The third kappa shape index (κ3) is 3.96. The summed E-state index contributed by atoms with van der Waals surface area (Å²) in [5, 5.41) is 7.71. The van der Waals surface area contributed by atoms with E-state index in [0.29, 0.717) is 17.4 Å². The molecule has 1 amide bonds. The smallest absolute Gasteiger partial charge is 0.249 e. The predicted molar refractivity (Wildman–Crippen MR) is 80.8 cm³/mol. The summed E-state index contributed by atoms with van der Waals surface area (Å²) in [6.45, 7) is 4.31. The summed E-state index contributed by atoms with van der Waals surface area (Å²) in [6, 6.07) is 9.33. The maximum absolute atomic E-state index is 11.7. The van der Waals surface area contributed by atoms with Crippen LogP contribution in [0.2, 0.25) is 5.02 Å². The largest absolute Gasteiger partial charge is 0.307 e. The van der Waals surface area contributed by atoms with Gasteiger partial charge in [-0.25, -0.2) is 4.68 Å². The van der Waals surface area contributed by atoms with Crippen molar-refractivity contribution in [2.24, 2.45) is 0 Å². The van der Waals surface area contributed by atoms with E-state index < -0.39 is 0 Å². The lowest BCUT2D eigenvalue weighted by Crippen LogP contribution is -2.14. The van der Waals surface area contributed by atoms with Gasteiger partial charge in [0, 0.05) is 17.2 Å². The van der Waals surface area contributed by atoms with Crippen LogP contribution in [0.3, 0.4) is 0 Å². The summed E-state index contributed by atoms with van der Waals surface area (Å²) in [4.78, 5) is 11.7. The number of halogens is 1. The fourth-order valence-corrected chi connectivity index (χ4v) is 2.01. The van der Waals surface area contributed by atoms with E-state index in [9.17, 15) is 4.79 Å². The van der Waals surface area contributed by atoms with Gasteiger partial charge in [-0.15, -0.1) is 0 Å². The van der Waals surface area contributed by atoms with Crippen molar-refractivity contribution in [2.75, 3.05) is 5.32 Å². The zero-order valence-corrected chi connectivity index (χ0v) is 12.2. The number of carbonyl (C=O) groups excluding carboxylic acids is 1. The molecular formula is C15H16ClN3O. The molecule has 0 aliphatic rings. The van der Waals surface area contributed by atoms with E-state index in [1.165, 1.54) is 0 Å². The van der Waals surface area contributed by atoms with E-state index in [2.05, 4.69) is 10.4 Å². The summed E-state index contributed by atoms with van der Waals surface area (Å²) in [5.41, 5.74) is 1.97. The van der Waals surface area contributed by atoms with Gasteiger partial charge in [0.1, 0.15) is 5.82 Å². The highest BCUT2D eigenvalue weighted by Gasteiger charge is 2.06. The number of allylic oxidation sites excluding steroid dienone is 1. The van der Waals surface area contributed by atoms with Crippen molar-refractivity contribution in [3.63, 3.8) is 0 Å². The second-order valence-corrected chi connectivity index (χ2v) is 5.15. The Morgan fingerprint density at radius 2 is 2.20 bits per heavy atom. The molecule has 104 valence electrons. The zero-order valence-electron chi connectivity index (χ0n) is 11.4. The number of rotatable bonds is 4. The zero-order chi connectivity index (χ0) is 14.5. The SMILES string of the molecule is CC(C)=CC(=O)Nc1ccnn1Cc1cccc(Cl)c1. The Labute approximate surface area is 123 Å². The molecule has 5 heteroatoms. The standard InChI is InChI=1S/C15H16ClN3O/c1-11(2)8-15(20)18-14-6-7-17-19(14)10-12-4-3-5-13(16)9-12/h3-9H,10H2,1-2H3,(H,18,20). The van der Waals surface area contributed by atoms with Crippen molar-refractivity contribution >= 4 is 23.3 Å². The molecule has 0 atom stereocenters. The van der Waals surface area contributed by atoms with Gasteiger partial charge in [-0.05, 0) is 31.5 Å². The Morgan fingerprint density at radius 1 is 1.40 bits per heavy atom. The molecule has 0 saturated carbocycles. The van der Waals surface area contributed by atoms with Crippen molar-refractivity contribution in [1.82, 2.24) is 9.78 Å². The third-order valence-corrected chi connectivity index (χ3v) is 2.84. The van der Waals surface area contributed by atoms with Gasteiger partial charge in [0.2, 0.25) is 5.91 Å². The van der Waals surface area contributed by atoms with Gasteiger partial charge in [-0.2, -0.15) is 5.10 Å². The highest BCUT2D eigenvalue weighted by Crippen LogP contribution is 2.14. The molecule has 0 unspecified atom stereocenters. The van der Waals surface area contributed by atoms with Crippen molar-refractivity contribution in [1.29, 1.82) is 0 Å². The molecule has 1 heterocycles. The minimum Gasteiger partial charge on any atom is -0.307 e. The first kappa shape index (κ1) is 14.3. The number of hydrogen-bond acceptors (Lipinski definition) is 2. The Hall–Kier alpha value is -2.07. The normalized spacial score (nSPS) is 10.2. The fourth-order valence-electron chi connectivity index (χ4n) is 1.80. The van der Waals surface area contributed by atoms with Crippen LogP contribution >= 0.6 is 11.6 Å². The molecule has 1 N–H and O–H groups in total. The topological polar surface area (TPSA) is 46.9 Å². The number of nitrogens with one attached hydrogen (secondary N) is 1. The van der Waals surface area contributed by atoms with Gasteiger partial charge in [0.05, 0.1) is 12.7 Å². The maximum atomic E-state index is 11.7. The van der Waals surface area contributed by atoms with Crippen LogP contribution in [0.25, 0.3) is 0 Å². The number of hydrogen-bond donors (Lipinski definition) is 1. The van der Waals surface area contributed by atoms with Crippen molar-refractivity contribution in [2.45, 2.75) is 20.4 Å². The van der Waals surface area contributed by atoms with Gasteiger partial charge in [0.25, 0.3) is 0 Å². The minimum absolute atomic E-state index is 0.155. The van der Waals surface area contributed by atoms with E-state index in [1.807, 2.05) is 38.1 Å². The molecular weight excluding hydrogens is 274 g/mol. The van der Waals surface area contributed by atoms with E-state index in [-0.39, 0.29) is 5.91 Å². The number of carbonyl (C=O) groups is 1. The molecule has 1 aromatic carbocycles. The van der Waals surface area contributed by atoms with Gasteiger partial charge in [-0.3, -0.25) is 4.79 Å². The lowest BCUT2D eigenvalue weighted by molar-refractivity contribution is -0.112. The first-order chi connectivity index (χ1) is 9.54. The van der Waals surface area contributed by atoms with Crippen LogP contribution in [0, 0.1) is 0 Å². The number of nitrogens with zero attached hydrogens (tertiary/aromatic N) is 2. The number of amides is 1. The first-order valence-electron chi connectivity index (χ1n) is 6.27. The Bertz CT molecular complexity index is 642. The Morgan fingerprint density at radius 3 is 2.90 bits per heavy atom. The number of anilines is 1. The van der Waals surface area contributed by atoms with Crippen LogP contribution in [0.15, 0.2) is 48.2 Å². The van der Waals surface area contributed by atoms with Gasteiger partial charge in [-0.1, -0.05) is 29.3 Å². The second-order valence-electron chi connectivity index (χ2n) is 4.71. The van der Waals surface area contributed by atoms with Gasteiger partial charge in [0.15, 0.2) is 0 Å². The molecule has 0 saturated heterocycles. The molecule has 20 heavy (non-hydrogen) atoms. The predicted octanol–water partition coefficient (Wildman–Crippen LogP) is 3.49. The summed E-state index contributed by atoms with van der Waals surface area (Å²) in [5.74, 6) is 0.505. The van der Waals surface area contributed by atoms with Crippen LogP contribution in [0.4, 0.5) is 5.82 Å². The fraction of sp³-hybridized carbons (Fsp3) is 0.200. The van der Waals surface area contributed by atoms with Crippen LogP contribution in [0.1, 0.15) is 19.4 Å². The lowest BCUT2D eigenvalue weighted by Gasteiger charge is -2.08. The highest BCUT2D eigenvalue weighted by molar-refractivity contribution is 6.30. The molecule has 0 radical (unpaired) electrons. The van der Waals surface area contributed by atoms with E-state index >= 15 is 0 Å². The van der Waals surface area contributed by atoms with E-state index in [0.717, 1.165) is 11.1 Å². The number of aromatic nitrogens is 2. The molecule has 1 aromatic heterocycles. The third-order valence-electron chi connectivity index (χ3n) is 2.61. The van der Waals surface area contributed by atoms with Crippen LogP contribution in [0.5, 0.6) is 0 Å². The highest BCUT2D eigenvalue weighted by atomic mass is 35.5. The first-order valence-corrected chi connectivity index (χ1v) is 6.64. The monoisotopic (exact) mass is 289 g/mol. The summed E-state index contributed by atoms with van der Waals surface area (Å²) < 4.78 is 1.72. The second kappa shape index (κ2) is 6.39. The molecule has 2 rings (SSSR count). The summed E-state index contributed by atoms with van der Waals surface area (Å²) in [6.07, 6.45) is 3.21. The van der Waals surface area contributed by atoms with Crippen molar-refractivity contribution < 1.29 is 4.79 Å². The minimum atomic E-state index is -0.155. The molecule has 0 bridgehead atoms. The Kier molecular flexibility index (Phi) is 4.58. The average molecular weight is 290 g/mol. The lowest BCUT2D eigenvalue weighted by atomic mass is 10.2. The Balaban J connectivity index is 2.13. The van der Waals surface area contributed by atoms with Gasteiger partial charge >= 0.3 is 0 Å². The van der Waals surface area contributed by atoms with Crippen molar-refractivity contribution in [3.05, 3.63) is 58.8 Å². The average Bonchev–Trinajstić information content (AvgIpc) is 2.75. The number of benzene rings is 1. The van der Waals surface area contributed by atoms with Crippen LogP contribution < -0.4 is 5.32 Å². The molecule has 0 aliphatic heterocycles. The molecule has 4 nitrogen and oxygen atoms in total. The quantitative estimate of drug-likeness (QED) is 0.876. The van der Waals surface area contributed by atoms with Crippen LogP contribution in [-0.4, -0.2) is 15.7 Å². The summed E-state index contributed by atoms with van der Waals surface area (Å²) in [7, 11) is 0. The van der Waals surface area contributed by atoms with E-state index in [1.54, 1.807) is 23.0 Å². The molecule has 0 aliphatic carbocycles. The van der Waals surface area contributed by atoms with Gasteiger partial charge < -0.3 is 5.32 Å². The molecule has 0 spiro atoms. The van der Waals surface area contributed by atoms with Crippen molar-refractivity contribution in [3.8, 4) is 0 Å². The van der Waals surface area contributed by atoms with E-state index in [4.69, 9.17) is 11.6 Å². The maximum Gasteiger partial charge on any atom is 0.249 e. The van der Waals surface area contributed by atoms with Crippen LogP contribution in [-0.2, 0) is 11.3 Å².